The summed E-state index contributed by atoms with van der Waals surface area (Å²) in [5.74, 6) is -0.167. The minimum Gasteiger partial charge on any atom is -0.422 e. The van der Waals surface area contributed by atoms with Gasteiger partial charge in [0.2, 0.25) is 0 Å². The van der Waals surface area contributed by atoms with Crippen LogP contribution in [0, 0.1) is 0 Å². The number of halogens is 3. The average molecular weight is 262 g/mol. The van der Waals surface area contributed by atoms with Crippen LogP contribution in [0.5, 0.6) is 5.75 Å². The Bertz CT molecular complexity index is 591. The van der Waals surface area contributed by atoms with Crippen LogP contribution in [0.4, 0.5) is 13.2 Å². The van der Waals surface area contributed by atoms with Gasteiger partial charge in [-0.2, -0.15) is 13.2 Å². The number of alkyl halides is 3. The molecule has 17 heavy (non-hydrogen) atoms. The minimum atomic E-state index is -4.53. The van der Waals surface area contributed by atoms with E-state index >= 15 is 0 Å². The molecule has 0 spiro atoms. The second kappa shape index (κ2) is 4.33. The SMILES string of the molecule is O=c1cc(OSC(F)(F)F)c2ccccc2o1. The number of hydrogen-bond acceptors (Lipinski definition) is 4. The molecule has 0 N–H and O–H groups in total. The van der Waals surface area contributed by atoms with Crippen LogP contribution in [0.2, 0.25) is 0 Å². The van der Waals surface area contributed by atoms with Gasteiger partial charge in [-0.15, -0.1) is 0 Å². The van der Waals surface area contributed by atoms with Crippen molar-refractivity contribution in [2.24, 2.45) is 0 Å². The summed E-state index contributed by atoms with van der Waals surface area (Å²) in [6.45, 7) is 0. The highest BCUT2D eigenvalue weighted by Gasteiger charge is 2.31. The van der Waals surface area contributed by atoms with Crippen molar-refractivity contribution >= 4 is 23.0 Å². The number of rotatable bonds is 2. The topological polar surface area (TPSA) is 39.4 Å². The molecule has 2 aromatic rings. The molecule has 0 saturated heterocycles. The van der Waals surface area contributed by atoms with E-state index in [9.17, 15) is 18.0 Å². The van der Waals surface area contributed by atoms with Gasteiger partial charge in [-0.1, -0.05) is 12.1 Å². The highest BCUT2D eigenvalue weighted by molar-refractivity contribution is 7.95. The molecule has 2 rings (SSSR count). The van der Waals surface area contributed by atoms with Gasteiger partial charge in [-0.25, -0.2) is 4.79 Å². The average Bonchev–Trinajstić information content (AvgIpc) is 2.24. The predicted octanol–water partition coefficient (Wildman–Crippen LogP) is 3.34. The van der Waals surface area contributed by atoms with Crippen molar-refractivity contribution in [3.63, 3.8) is 0 Å². The van der Waals surface area contributed by atoms with Gasteiger partial charge in [-0.3, -0.25) is 0 Å². The highest BCUT2D eigenvalue weighted by atomic mass is 32.2. The molecule has 0 saturated carbocycles. The summed E-state index contributed by atoms with van der Waals surface area (Å²) in [7, 11) is 0. The lowest BCUT2D eigenvalue weighted by Crippen LogP contribution is -2.04. The zero-order valence-corrected chi connectivity index (χ0v) is 8.97. The molecule has 0 aliphatic carbocycles. The van der Waals surface area contributed by atoms with E-state index in [1.54, 1.807) is 12.1 Å². The first-order valence-corrected chi connectivity index (χ1v) is 5.15. The monoisotopic (exact) mass is 262 g/mol. The van der Waals surface area contributed by atoms with Crippen molar-refractivity contribution in [2.75, 3.05) is 0 Å². The van der Waals surface area contributed by atoms with Gasteiger partial charge < -0.3 is 8.60 Å². The molecular weight excluding hydrogens is 257 g/mol. The Morgan fingerprint density at radius 2 is 1.94 bits per heavy atom. The van der Waals surface area contributed by atoms with Gasteiger partial charge in [0.1, 0.15) is 5.58 Å². The smallest absolute Gasteiger partial charge is 0.422 e. The molecule has 0 aliphatic heterocycles. The van der Waals surface area contributed by atoms with Crippen molar-refractivity contribution in [1.82, 2.24) is 0 Å². The fourth-order valence-corrected chi connectivity index (χ4v) is 1.57. The van der Waals surface area contributed by atoms with Gasteiger partial charge in [0.25, 0.3) is 0 Å². The molecule has 90 valence electrons. The summed E-state index contributed by atoms with van der Waals surface area (Å²) in [5.41, 5.74) is -5.11. The summed E-state index contributed by atoms with van der Waals surface area (Å²) in [6, 6.07) is 7.06. The fourth-order valence-electron chi connectivity index (χ4n) is 1.24. The van der Waals surface area contributed by atoms with Crippen LogP contribution in [-0.2, 0) is 0 Å². The molecule has 3 nitrogen and oxygen atoms in total. The lowest BCUT2D eigenvalue weighted by molar-refractivity contribution is -0.0369. The van der Waals surface area contributed by atoms with Crippen molar-refractivity contribution in [2.45, 2.75) is 5.51 Å². The molecule has 0 bridgehead atoms. The fraction of sp³-hybridized carbons (Fsp3) is 0.100. The quantitative estimate of drug-likeness (QED) is 0.614. The molecule has 0 radical (unpaired) electrons. The zero-order chi connectivity index (χ0) is 12.5. The normalized spacial score (nSPS) is 11.7. The lowest BCUT2D eigenvalue weighted by atomic mass is 10.2. The van der Waals surface area contributed by atoms with Crippen LogP contribution in [0.15, 0.2) is 39.5 Å². The Kier molecular flexibility index (Phi) is 3.01. The maximum absolute atomic E-state index is 12.0. The maximum Gasteiger partial charge on any atom is 0.479 e. The first kappa shape index (κ1) is 11.8. The van der Waals surface area contributed by atoms with Gasteiger partial charge in [0.05, 0.1) is 11.5 Å². The Balaban J connectivity index is 2.42. The van der Waals surface area contributed by atoms with E-state index in [2.05, 4.69) is 4.18 Å². The van der Waals surface area contributed by atoms with E-state index in [4.69, 9.17) is 4.42 Å². The summed E-state index contributed by atoms with van der Waals surface area (Å²) in [6.07, 6.45) is 0. The zero-order valence-electron chi connectivity index (χ0n) is 8.15. The number of fused-ring (bicyclic) bond motifs is 1. The van der Waals surface area contributed by atoms with E-state index in [-0.39, 0.29) is 11.3 Å². The molecule has 1 aromatic carbocycles. The van der Waals surface area contributed by atoms with E-state index in [1.807, 2.05) is 0 Å². The van der Waals surface area contributed by atoms with Crippen molar-refractivity contribution < 1.29 is 21.8 Å². The van der Waals surface area contributed by atoms with Crippen LogP contribution in [0.1, 0.15) is 0 Å². The summed E-state index contributed by atoms with van der Waals surface area (Å²) in [5, 5.41) is 0.309. The Hall–Kier alpha value is -1.63. The number of benzene rings is 1. The standard InChI is InChI=1S/C10H5F3O3S/c11-10(12,13)17-16-8-5-9(14)15-7-4-2-1-3-6(7)8/h1-5H. The molecule has 0 atom stereocenters. The van der Waals surface area contributed by atoms with Crippen molar-refractivity contribution in [3.8, 4) is 5.75 Å². The van der Waals surface area contributed by atoms with Crippen LogP contribution in [-0.4, -0.2) is 5.51 Å². The second-order valence-electron chi connectivity index (χ2n) is 3.04. The van der Waals surface area contributed by atoms with Crippen LogP contribution in [0.3, 0.4) is 0 Å². The largest absolute Gasteiger partial charge is 0.479 e. The first-order chi connectivity index (χ1) is 7.96. The third-order valence-electron chi connectivity index (χ3n) is 1.84. The maximum atomic E-state index is 12.0. The molecule has 0 fully saturated rings. The van der Waals surface area contributed by atoms with Gasteiger partial charge in [0.15, 0.2) is 17.8 Å². The van der Waals surface area contributed by atoms with Crippen LogP contribution >= 0.6 is 12.0 Å². The van der Waals surface area contributed by atoms with Crippen LogP contribution in [0.25, 0.3) is 11.0 Å². The lowest BCUT2D eigenvalue weighted by Gasteiger charge is -2.07. The summed E-state index contributed by atoms with van der Waals surface area (Å²) in [4.78, 5) is 11.1. The molecule has 0 aliphatic rings. The summed E-state index contributed by atoms with van der Waals surface area (Å²) >= 11 is -0.670. The van der Waals surface area contributed by atoms with E-state index < -0.39 is 23.2 Å². The van der Waals surface area contributed by atoms with Crippen molar-refractivity contribution in [1.29, 1.82) is 0 Å². The Morgan fingerprint density at radius 3 is 2.65 bits per heavy atom. The Morgan fingerprint density at radius 1 is 1.24 bits per heavy atom. The number of para-hydroxylation sites is 1. The molecule has 1 aromatic heterocycles. The van der Waals surface area contributed by atoms with E-state index in [0.717, 1.165) is 6.07 Å². The molecule has 0 amide bonds. The molecule has 7 heteroatoms. The summed E-state index contributed by atoms with van der Waals surface area (Å²) < 4.78 is 45.2. The second-order valence-corrected chi connectivity index (χ2v) is 3.83. The van der Waals surface area contributed by atoms with E-state index in [0.29, 0.717) is 5.39 Å². The molecule has 0 unspecified atom stereocenters. The van der Waals surface area contributed by atoms with Gasteiger partial charge in [-0.05, 0) is 12.1 Å². The van der Waals surface area contributed by atoms with Gasteiger partial charge >= 0.3 is 11.1 Å². The van der Waals surface area contributed by atoms with Gasteiger partial charge in [0, 0.05) is 0 Å². The highest BCUT2D eigenvalue weighted by Crippen LogP contribution is 2.34. The molecule has 1 heterocycles. The first-order valence-electron chi connectivity index (χ1n) is 4.41. The van der Waals surface area contributed by atoms with Crippen molar-refractivity contribution in [3.05, 3.63) is 40.8 Å². The number of hydrogen-bond donors (Lipinski definition) is 0. The molecular formula is C10H5F3O3S. The predicted molar refractivity (Wildman–Crippen MR) is 56.8 cm³/mol. The van der Waals surface area contributed by atoms with E-state index in [1.165, 1.54) is 12.1 Å². The minimum absolute atomic E-state index is 0.167. The van der Waals surface area contributed by atoms with Crippen LogP contribution < -0.4 is 9.81 Å². The Labute approximate surface area is 97.4 Å². The third-order valence-corrected chi connectivity index (χ3v) is 2.29. The third kappa shape index (κ3) is 2.94.